The number of benzene rings is 1. The molecule has 2 aromatic rings. The van der Waals surface area contributed by atoms with Gasteiger partial charge in [0.15, 0.2) is 0 Å². The molecule has 1 saturated carbocycles. The summed E-state index contributed by atoms with van der Waals surface area (Å²) >= 11 is 6.08. The van der Waals surface area contributed by atoms with Gasteiger partial charge in [0.25, 0.3) is 5.91 Å². The van der Waals surface area contributed by atoms with E-state index in [2.05, 4.69) is 9.84 Å². The van der Waals surface area contributed by atoms with Gasteiger partial charge in [0.05, 0.1) is 31.0 Å². The number of ether oxygens (including phenoxy) is 1. The first-order chi connectivity index (χ1) is 14.8. The number of aromatic nitrogens is 2. The van der Waals surface area contributed by atoms with Crippen molar-refractivity contribution in [1.29, 1.82) is 0 Å². The summed E-state index contributed by atoms with van der Waals surface area (Å²) in [4.78, 5) is 26.8. The van der Waals surface area contributed by atoms with Crippen LogP contribution < -0.4 is 5.73 Å². The molecule has 31 heavy (non-hydrogen) atoms. The van der Waals surface area contributed by atoms with Crippen LogP contribution in [0.2, 0.25) is 5.02 Å². The number of nitrogens with two attached hydrogens (primary N) is 1. The van der Waals surface area contributed by atoms with Gasteiger partial charge in [0.1, 0.15) is 5.69 Å². The SMILES string of the molecule is NC(=O)c1c(-c2cccc(Cl)c2)nn2c1CN(C(=O)C[C@@H]1CCC1COC(F)F)CC2. The van der Waals surface area contributed by atoms with Crippen molar-refractivity contribution >= 4 is 23.4 Å². The first-order valence-electron chi connectivity index (χ1n) is 10.2. The van der Waals surface area contributed by atoms with Crippen molar-refractivity contribution in [2.75, 3.05) is 13.2 Å². The van der Waals surface area contributed by atoms with E-state index in [1.54, 1.807) is 33.8 Å². The highest BCUT2D eigenvalue weighted by Crippen LogP contribution is 2.38. The largest absolute Gasteiger partial charge is 0.365 e. The van der Waals surface area contributed by atoms with Crippen molar-refractivity contribution in [2.45, 2.75) is 39.0 Å². The van der Waals surface area contributed by atoms with Crippen LogP contribution in [-0.2, 0) is 22.6 Å². The molecule has 1 aromatic carbocycles. The van der Waals surface area contributed by atoms with Crippen LogP contribution in [-0.4, -0.2) is 46.3 Å². The van der Waals surface area contributed by atoms with E-state index in [0.29, 0.717) is 35.1 Å². The molecule has 166 valence electrons. The van der Waals surface area contributed by atoms with Crippen molar-refractivity contribution in [3.63, 3.8) is 0 Å². The van der Waals surface area contributed by atoms with E-state index >= 15 is 0 Å². The predicted octanol–water partition coefficient (Wildman–Crippen LogP) is 3.30. The first kappa shape index (κ1) is 21.7. The molecule has 2 heterocycles. The third-order valence-corrected chi connectivity index (χ3v) is 6.36. The Bertz CT molecular complexity index is 997. The summed E-state index contributed by atoms with van der Waals surface area (Å²) in [6, 6.07) is 7.01. The lowest BCUT2D eigenvalue weighted by atomic mass is 9.72. The van der Waals surface area contributed by atoms with Crippen LogP contribution in [0.25, 0.3) is 11.3 Å². The summed E-state index contributed by atoms with van der Waals surface area (Å²) in [6.45, 7) is -1.72. The Hall–Kier alpha value is -2.52. The molecular weight excluding hydrogens is 430 g/mol. The zero-order chi connectivity index (χ0) is 22.1. The summed E-state index contributed by atoms with van der Waals surface area (Å²) in [7, 11) is 0. The zero-order valence-electron chi connectivity index (χ0n) is 16.8. The van der Waals surface area contributed by atoms with E-state index in [-0.39, 0.29) is 42.9 Å². The third kappa shape index (κ3) is 4.57. The summed E-state index contributed by atoms with van der Waals surface area (Å²) < 4.78 is 30.7. The Morgan fingerprint density at radius 1 is 1.26 bits per heavy atom. The van der Waals surface area contributed by atoms with E-state index in [1.807, 2.05) is 0 Å². The Morgan fingerprint density at radius 2 is 2.03 bits per heavy atom. The number of halogens is 3. The number of fused-ring (bicyclic) bond motifs is 1. The van der Waals surface area contributed by atoms with E-state index < -0.39 is 12.5 Å². The van der Waals surface area contributed by atoms with E-state index in [1.165, 1.54) is 0 Å². The van der Waals surface area contributed by atoms with Crippen molar-refractivity contribution in [1.82, 2.24) is 14.7 Å². The molecule has 0 radical (unpaired) electrons. The maximum absolute atomic E-state index is 12.9. The fourth-order valence-corrected chi connectivity index (χ4v) is 4.49. The molecule has 7 nitrogen and oxygen atoms in total. The number of carbonyl (C=O) groups is 2. The summed E-state index contributed by atoms with van der Waals surface area (Å²) in [5, 5.41) is 5.07. The van der Waals surface area contributed by atoms with Gasteiger partial charge in [-0.25, -0.2) is 0 Å². The van der Waals surface area contributed by atoms with Crippen molar-refractivity contribution in [3.8, 4) is 11.3 Å². The van der Waals surface area contributed by atoms with Crippen molar-refractivity contribution in [3.05, 3.63) is 40.5 Å². The molecule has 1 unspecified atom stereocenters. The van der Waals surface area contributed by atoms with Crippen LogP contribution in [0.5, 0.6) is 0 Å². The van der Waals surface area contributed by atoms with Gasteiger partial charge in [-0.1, -0.05) is 23.7 Å². The molecule has 4 rings (SSSR count). The number of carbonyl (C=O) groups excluding carboxylic acids is 2. The number of primary amides is 1. The Balaban J connectivity index is 1.49. The lowest BCUT2D eigenvalue weighted by molar-refractivity contribution is -0.153. The fourth-order valence-electron chi connectivity index (χ4n) is 4.30. The van der Waals surface area contributed by atoms with Crippen molar-refractivity contribution in [2.24, 2.45) is 17.6 Å². The maximum Gasteiger partial charge on any atom is 0.345 e. The fraction of sp³-hybridized carbons (Fsp3) is 0.476. The van der Waals surface area contributed by atoms with Crippen LogP contribution in [0, 0.1) is 11.8 Å². The lowest BCUT2D eigenvalue weighted by Gasteiger charge is -2.37. The average molecular weight is 453 g/mol. The molecule has 1 fully saturated rings. The highest BCUT2D eigenvalue weighted by Gasteiger charge is 2.36. The van der Waals surface area contributed by atoms with Gasteiger partial charge >= 0.3 is 6.61 Å². The number of hydrogen-bond acceptors (Lipinski definition) is 4. The number of nitrogens with zero attached hydrogens (tertiary/aromatic N) is 3. The van der Waals surface area contributed by atoms with Crippen LogP contribution in [0.4, 0.5) is 8.78 Å². The number of rotatable bonds is 7. The van der Waals surface area contributed by atoms with E-state index in [4.69, 9.17) is 17.3 Å². The van der Waals surface area contributed by atoms with Crippen molar-refractivity contribution < 1.29 is 23.1 Å². The van der Waals surface area contributed by atoms with Gasteiger partial charge in [0.2, 0.25) is 5.91 Å². The predicted molar refractivity (Wildman–Crippen MR) is 109 cm³/mol. The Kier molecular flexibility index (Phi) is 6.24. The van der Waals surface area contributed by atoms with Crippen LogP contribution in [0.15, 0.2) is 24.3 Å². The van der Waals surface area contributed by atoms with E-state index in [9.17, 15) is 18.4 Å². The minimum Gasteiger partial charge on any atom is -0.365 e. The van der Waals surface area contributed by atoms with Gasteiger partial charge in [-0.05, 0) is 36.8 Å². The van der Waals surface area contributed by atoms with Crippen LogP contribution in [0.1, 0.15) is 35.3 Å². The monoisotopic (exact) mass is 452 g/mol. The zero-order valence-corrected chi connectivity index (χ0v) is 17.5. The normalized spacial score (nSPS) is 20.5. The molecule has 0 saturated heterocycles. The smallest absolute Gasteiger partial charge is 0.345 e. The van der Waals surface area contributed by atoms with Crippen LogP contribution >= 0.6 is 11.6 Å². The number of hydrogen-bond donors (Lipinski definition) is 1. The highest BCUT2D eigenvalue weighted by molar-refractivity contribution is 6.30. The van der Waals surface area contributed by atoms with Gasteiger partial charge < -0.3 is 15.4 Å². The Morgan fingerprint density at radius 3 is 2.68 bits per heavy atom. The van der Waals surface area contributed by atoms with Gasteiger partial charge in [-0.3, -0.25) is 14.3 Å². The second-order valence-corrected chi connectivity index (χ2v) is 8.42. The molecular formula is C21H23ClF2N4O3. The molecule has 2 aliphatic rings. The van der Waals surface area contributed by atoms with E-state index in [0.717, 1.165) is 12.8 Å². The molecule has 1 aliphatic carbocycles. The number of alkyl halides is 2. The van der Waals surface area contributed by atoms with Gasteiger partial charge in [0, 0.05) is 23.6 Å². The first-order valence-corrected chi connectivity index (χ1v) is 10.5. The topological polar surface area (TPSA) is 90.5 Å². The molecule has 0 bridgehead atoms. The van der Waals surface area contributed by atoms with Crippen LogP contribution in [0.3, 0.4) is 0 Å². The average Bonchev–Trinajstić information content (AvgIpc) is 3.10. The van der Waals surface area contributed by atoms with Gasteiger partial charge in [-0.15, -0.1) is 0 Å². The molecule has 2 atom stereocenters. The standard InChI is InChI=1S/C21H23ClF2N4O3/c22-15-3-1-2-13(8-15)19-18(20(25)30)16-10-27(6-7-28(16)26-19)17(29)9-12-4-5-14(12)11-31-21(23)24/h1-3,8,12,14,21H,4-7,9-11H2,(H2,25,30)/t12-,14?/m0/s1. The second-order valence-electron chi connectivity index (χ2n) is 7.98. The third-order valence-electron chi connectivity index (χ3n) is 6.13. The highest BCUT2D eigenvalue weighted by atomic mass is 35.5. The number of amides is 2. The molecule has 2 N–H and O–H groups in total. The minimum absolute atomic E-state index is 0.0242. The summed E-state index contributed by atoms with van der Waals surface area (Å²) in [5.74, 6) is -0.674. The quantitative estimate of drug-likeness (QED) is 0.697. The second kappa shape index (κ2) is 8.92. The Labute approximate surface area is 183 Å². The van der Waals surface area contributed by atoms with Gasteiger partial charge in [-0.2, -0.15) is 13.9 Å². The molecule has 1 aromatic heterocycles. The minimum atomic E-state index is -2.79. The maximum atomic E-state index is 12.9. The molecule has 0 spiro atoms. The lowest BCUT2D eigenvalue weighted by Crippen LogP contribution is -2.42. The molecule has 1 aliphatic heterocycles. The molecule has 10 heteroatoms. The summed E-state index contributed by atoms with van der Waals surface area (Å²) in [6.07, 6.45) is 1.88. The summed E-state index contributed by atoms with van der Waals surface area (Å²) in [5.41, 5.74) is 7.66. The molecule has 2 amide bonds.